The van der Waals surface area contributed by atoms with Crippen molar-refractivity contribution in [1.82, 2.24) is 9.80 Å². The lowest BCUT2D eigenvalue weighted by Gasteiger charge is -2.15. The third-order valence-corrected chi connectivity index (χ3v) is 4.68. The Balaban J connectivity index is 0.000000280. The Labute approximate surface area is 164 Å². The minimum Gasteiger partial charge on any atom is -0.481 e. The average molecular weight is 402 g/mol. The summed E-state index contributed by atoms with van der Waals surface area (Å²) < 4.78 is 9.71. The molecule has 0 saturated carbocycles. The number of carbonyl (C=O) groups excluding carboxylic acids is 2. The maximum absolute atomic E-state index is 11.3. The van der Waals surface area contributed by atoms with Crippen molar-refractivity contribution in [2.45, 2.75) is 25.7 Å². The van der Waals surface area contributed by atoms with Crippen LogP contribution in [0.5, 0.6) is 0 Å². The number of carboxylic acid groups (broad SMARTS) is 2. The van der Waals surface area contributed by atoms with E-state index in [9.17, 15) is 19.2 Å². The molecule has 2 N–H and O–H groups in total. The maximum atomic E-state index is 11.3. The molecule has 10 heteroatoms. The molecule has 160 valence electrons. The van der Waals surface area contributed by atoms with Gasteiger partial charge in [-0.1, -0.05) is 0 Å². The van der Waals surface area contributed by atoms with E-state index in [1.165, 1.54) is 0 Å². The highest BCUT2D eigenvalue weighted by atomic mass is 16.5. The van der Waals surface area contributed by atoms with E-state index in [4.69, 9.17) is 19.7 Å². The van der Waals surface area contributed by atoms with E-state index in [-0.39, 0.29) is 24.7 Å². The molecule has 2 unspecified atom stereocenters. The van der Waals surface area contributed by atoms with Gasteiger partial charge in [0.2, 0.25) is 11.8 Å². The Morgan fingerprint density at radius 3 is 1.46 bits per heavy atom. The van der Waals surface area contributed by atoms with Crippen molar-refractivity contribution in [3.63, 3.8) is 0 Å². The van der Waals surface area contributed by atoms with Gasteiger partial charge in [-0.3, -0.25) is 19.2 Å². The lowest BCUT2D eigenvalue weighted by molar-refractivity contribution is -0.142. The molecule has 0 aromatic carbocycles. The number of hydrogen-bond donors (Lipinski definition) is 2. The molecule has 2 aliphatic rings. The number of hydrogen-bond acceptors (Lipinski definition) is 6. The van der Waals surface area contributed by atoms with Crippen molar-refractivity contribution in [1.29, 1.82) is 0 Å². The topological polar surface area (TPSA) is 134 Å². The third-order valence-electron chi connectivity index (χ3n) is 4.68. The highest BCUT2D eigenvalue weighted by Gasteiger charge is 2.34. The van der Waals surface area contributed by atoms with E-state index in [1.807, 2.05) is 0 Å². The van der Waals surface area contributed by atoms with Crippen LogP contribution in [0.2, 0.25) is 0 Å². The summed E-state index contributed by atoms with van der Waals surface area (Å²) in [6.07, 6.45) is 1.80. The van der Waals surface area contributed by atoms with Crippen LogP contribution in [0.15, 0.2) is 0 Å². The van der Waals surface area contributed by atoms with Crippen molar-refractivity contribution in [2.24, 2.45) is 11.8 Å². The monoisotopic (exact) mass is 402 g/mol. The molecule has 2 saturated heterocycles. The number of likely N-dealkylation sites (tertiary alicyclic amines) is 2. The molecule has 28 heavy (non-hydrogen) atoms. The van der Waals surface area contributed by atoms with Gasteiger partial charge in [-0.25, -0.2) is 0 Å². The molecule has 2 aliphatic heterocycles. The van der Waals surface area contributed by atoms with Gasteiger partial charge in [0, 0.05) is 66.5 Å². The van der Waals surface area contributed by atoms with E-state index >= 15 is 0 Å². The van der Waals surface area contributed by atoms with Crippen LogP contribution in [0.4, 0.5) is 0 Å². The Bertz CT molecular complexity index is 506. The van der Waals surface area contributed by atoms with Crippen LogP contribution < -0.4 is 0 Å². The van der Waals surface area contributed by atoms with Gasteiger partial charge in [-0.15, -0.1) is 0 Å². The molecule has 2 rings (SSSR count). The van der Waals surface area contributed by atoms with E-state index in [2.05, 4.69) is 0 Å². The van der Waals surface area contributed by atoms with Crippen LogP contribution in [0.1, 0.15) is 25.7 Å². The summed E-state index contributed by atoms with van der Waals surface area (Å²) in [5.74, 6) is -2.93. The second-order valence-corrected chi connectivity index (χ2v) is 6.85. The summed E-state index contributed by atoms with van der Waals surface area (Å²) >= 11 is 0. The first-order chi connectivity index (χ1) is 13.3. The Morgan fingerprint density at radius 2 is 1.21 bits per heavy atom. The molecule has 0 aromatic heterocycles. The second-order valence-electron chi connectivity index (χ2n) is 6.85. The number of methoxy groups -OCH3 is 2. The maximum Gasteiger partial charge on any atom is 0.308 e. The average Bonchev–Trinajstić information content (AvgIpc) is 3.20. The van der Waals surface area contributed by atoms with Crippen molar-refractivity contribution in [3.8, 4) is 0 Å². The second kappa shape index (κ2) is 12.3. The van der Waals surface area contributed by atoms with E-state index in [0.29, 0.717) is 39.4 Å². The molecule has 2 fully saturated rings. The van der Waals surface area contributed by atoms with Crippen molar-refractivity contribution >= 4 is 23.8 Å². The smallest absolute Gasteiger partial charge is 0.308 e. The number of rotatable bonds is 10. The van der Waals surface area contributed by atoms with Gasteiger partial charge < -0.3 is 29.5 Å². The minimum absolute atomic E-state index is 0.0616. The molecule has 0 aromatic rings. The van der Waals surface area contributed by atoms with Gasteiger partial charge in [0.05, 0.1) is 11.8 Å². The predicted molar refractivity (Wildman–Crippen MR) is 97.6 cm³/mol. The lowest BCUT2D eigenvalue weighted by Crippen LogP contribution is -2.28. The van der Waals surface area contributed by atoms with Crippen molar-refractivity contribution in [3.05, 3.63) is 0 Å². The SMILES string of the molecule is COCCCN1CC(C(=O)O)CC1=O.COCCCN1CC(C(=O)O)CC1=O. The number of ether oxygens (including phenoxy) is 2. The van der Waals surface area contributed by atoms with Gasteiger partial charge in [-0.2, -0.15) is 0 Å². The minimum atomic E-state index is -0.882. The molecule has 0 aliphatic carbocycles. The van der Waals surface area contributed by atoms with Gasteiger partial charge in [0.1, 0.15) is 0 Å². The number of carboxylic acids is 2. The summed E-state index contributed by atoms with van der Waals surface area (Å²) in [4.78, 5) is 47.0. The zero-order valence-electron chi connectivity index (χ0n) is 16.5. The molecule has 0 spiro atoms. The van der Waals surface area contributed by atoms with Crippen LogP contribution >= 0.6 is 0 Å². The van der Waals surface area contributed by atoms with Gasteiger partial charge in [-0.05, 0) is 12.8 Å². The summed E-state index contributed by atoms with van der Waals surface area (Å²) in [6.45, 7) is 3.08. The molecular weight excluding hydrogens is 372 g/mol. The van der Waals surface area contributed by atoms with Crippen LogP contribution in [0.3, 0.4) is 0 Å². The fourth-order valence-corrected chi connectivity index (χ4v) is 3.11. The standard InChI is InChI=1S/2C9H15NO4/c2*1-14-4-2-3-10-6-7(9(12)13)5-8(10)11/h2*7H,2-6H2,1H3,(H,12,13). The van der Waals surface area contributed by atoms with Gasteiger partial charge >= 0.3 is 11.9 Å². The van der Waals surface area contributed by atoms with Crippen molar-refractivity contribution < 1.29 is 38.9 Å². The Morgan fingerprint density at radius 1 is 0.857 bits per heavy atom. The van der Waals surface area contributed by atoms with Crippen LogP contribution in [-0.2, 0) is 28.7 Å². The zero-order chi connectivity index (χ0) is 21.1. The number of carbonyl (C=O) groups is 4. The number of amides is 2. The van der Waals surface area contributed by atoms with E-state index < -0.39 is 23.8 Å². The first-order valence-corrected chi connectivity index (χ1v) is 9.29. The van der Waals surface area contributed by atoms with E-state index in [0.717, 1.165) is 12.8 Å². The zero-order valence-corrected chi connectivity index (χ0v) is 16.5. The molecule has 10 nitrogen and oxygen atoms in total. The van der Waals surface area contributed by atoms with Crippen LogP contribution in [-0.4, -0.2) is 97.4 Å². The summed E-state index contributed by atoms with van der Waals surface area (Å²) in [6, 6.07) is 0. The fourth-order valence-electron chi connectivity index (χ4n) is 3.11. The molecule has 0 bridgehead atoms. The first kappa shape index (κ1) is 23.8. The summed E-state index contributed by atoms with van der Waals surface area (Å²) in [5, 5.41) is 17.4. The summed E-state index contributed by atoms with van der Waals surface area (Å²) in [7, 11) is 3.21. The highest BCUT2D eigenvalue weighted by Crippen LogP contribution is 2.18. The molecule has 2 atom stereocenters. The van der Waals surface area contributed by atoms with Crippen LogP contribution in [0.25, 0.3) is 0 Å². The number of aliphatic carboxylic acids is 2. The third kappa shape index (κ3) is 7.81. The molecule has 2 amide bonds. The van der Waals surface area contributed by atoms with E-state index in [1.54, 1.807) is 24.0 Å². The van der Waals surface area contributed by atoms with Crippen molar-refractivity contribution in [2.75, 3.05) is 53.6 Å². The normalized spacial score (nSPS) is 21.6. The number of nitrogens with zero attached hydrogens (tertiary/aromatic N) is 2. The Kier molecular flexibility index (Phi) is 10.5. The molecule has 2 heterocycles. The first-order valence-electron chi connectivity index (χ1n) is 9.29. The quantitative estimate of drug-likeness (QED) is 0.484. The van der Waals surface area contributed by atoms with Gasteiger partial charge in [0.15, 0.2) is 0 Å². The fraction of sp³-hybridized carbons (Fsp3) is 0.778. The van der Waals surface area contributed by atoms with Crippen LogP contribution in [0, 0.1) is 11.8 Å². The van der Waals surface area contributed by atoms with Gasteiger partial charge in [0.25, 0.3) is 0 Å². The highest BCUT2D eigenvalue weighted by molar-refractivity contribution is 5.86. The molecule has 0 radical (unpaired) electrons. The predicted octanol–water partition coefficient (Wildman–Crippen LogP) is -0.0880. The largest absolute Gasteiger partial charge is 0.481 e. The Hall–Kier alpha value is -2.20. The summed E-state index contributed by atoms with van der Waals surface area (Å²) in [5.41, 5.74) is 0. The molecular formula is C18H30N2O8. The lowest BCUT2D eigenvalue weighted by atomic mass is 10.1.